The minimum absolute atomic E-state index is 0.0776. The highest BCUT2D eigenvalue weighted by molar-refractivity contribution is 5.75. The van der Waals surface area contributed by atoms with Gasteiger partial charge in [-0.1, -0.05) is 19.9 Å². The molecule has 0 atom stereocenters. The van der Waals surface area contributed by atoms with E-state index in [1.54, 1.807) is 14.2 Å². The van der Waals surface area contributed by atoms with E-state index in [0.717, 1.165) is 23.3 Å². The van der Waals surface area contributed by atoms with Gasteiger partial charge in [-0.15, -0.1) is 6.58 Å². The first kappa shape index (κ1) is 18.1. The lowest BCUT2D eigenvalue weighted by molar-refractivity contribution is -0.121. The number of methoxy groups -OCH3 is 2. The molecular weight excluding hydrogens is 278 g/mol. The zero-order chi connectivity index (χ0) is 16.5. The number of carbonyl (C=O) groups is 1. The molecule has 0 aromatic heterocycles. The van der Waals surface area contributed by atoms with Crippen molar-refractivity contribution in [2.24, 2.45) is 5.92 Å². The molecule has 0 radical (unpaired) electrons. The number of ether oxygens (including phenoxy) is 2. The third kappa shape index (κ3) is 5.43. The minimum Gasteiger partial charge on any atom is -0.493 e. The Morgan fingerprint density at radius 1 is 1.32 bits per heavy atom. The second-order valence-corrected chi connectivity index (χ2v) is 5.69. The molecule has 122 valence electrons. The van der Waals surface area contributed by atoms with E-state index in [9.17, 15) is 4.79 Å². The van der Waals surface area contributed by atoms with Crippen molar-refractivity contribution in [3.63, 3.8) is 0 Å². The van der Waals surface area contributed by atoms with Gasteiger partial charge in [0.1, 0.15) is 0 Å². The van der Waals surface area contributed by atoms with Crippen molar-refractivity contribution in [2.45, 2.75) is 39.7 Å². The van der Waals surface area contributed by atoms with Crippen molar-refractivity contribution in [2.75, 3.05) is 14.2 Å². The average molecular weight is 305 g/mol. The molecule has 0 aliphatic carbocycles. The summed E-state index contributed by atoms with van der Waals surface area (Å²) in [5.74, 6) is 2.00. The van der Waals surface area contributed by atoms with Gasteiger partial charge in [-0.25, -0.2) is 0 Å². The second kappa shape index (κ2) is 9.13. The van der Waals surface area contributed by atoms with Gasteiger partial charge < -0.3 is 14.8 Å². The first-order valence-corrected chi connectivity index (χ1v) is 7.63. The molecule has 1 amide bonds. The van der Waals surface area contributed by atoms with E-state index in [0.29, 0.717) is 31.1 Å². The number of nitrogens with one attached hydrogen (secondary N) is 1. The van der Waals surface area contributed by atoms with Crippen molar-refractivity contribution in [1.29, 1.82) is 0 Å². The second-order valence-electron chi connectivity index (χ2n) is 5.69. The standard InChI is InChI=1S/C18H27NO3/c1-6-7-15-10-14(11-16(21-4)18(15)22-5)12-19-17(20)9-8-13(2)3/h6,10-11,13H,1,7-9,12H2,2-5H3,(H,19,20). The van der Waals surface area contributed by atoms with Crippen LogP contribution < -0.4 is 14.8 Å². The van der Waals surface area contributed by atoms with Crippen molar-refractivity contribution in [3.8, 4) is 11.5 Å². The molecule has 4 nitrogen and oxygen atoms in total. The summed E-state index contributed by atoms with van der Waals surface area (Å²) in [4.78, 5) is 11.8. The molecule has 1 N–H and O–H groups in total. The number of rotatable bonds is 9. The lowest BCUT2D eigenvalue weighted by Crippen LogP contribution is -2.23. The van der Waals surface area contributed by atoms with Crippen molar-refractivity contribution in [1.82, 2.24) is 5.32 Å². The normalized spacial score (nSPS) is 10.4. The Kier molecular flexibility index (Phi) is 7.50. The molecule has 4 heteroatoms. The molecule has 1 aromatic rings. The summed E-state index contributed by atoms with van der Waals surface area (Å²) < 4.78 is 10.8. The largest absolute Gasteiger partial charge is 0.493 e. The molecule has 22 heavy (non-hydrogen) atoms. The summed E-state index contributed by atoms with van der Waals surface area (Å²) in [5.41, 5.74) is 2.00. The lowest BCUT2D eigenvalue weighted by Gasteiger charge is -2.15. The van der Waals surface area contributed by atoms with E-state index in [1.165, 1.54) is 0 Å². The molecule has 0 heterocycles. The van der Waals surface area contributed by atoms with Crippen LogP contribution in [0.2, 0.25) is 0 Å². The topological polar surface area (TPSA) is 47.6 Å². The number of hydrogen-bond donors (Lipinski definition) is 1. The van der Waals surface area contributed by atoms with Crippen LogP contribution in [-0.4, -0.2) is 20.1 Å². The summed E-state index contributed by atoms with van der Waals surface area (Å²) in [5, 5.41) is 2.95. The maximum Gasteiger partial charge on any atom is 0.220 e. The van der Waals surface area contributed by atoms with Gasteiger partial charge in [0.2, 0.25) is 5.91 Å². The third-order valence-corrected chi connectivity index (χ3v) is 3.42. The minimum atomic E-state index is 0.0776. The lowest BCUT2D eigenvalue weighted by atomic mass is 10.0. The van der Waals surface area contributed by atoms with Gasteiger partial charge in [0, 0.05) is 18.5 Å². The number of benzene rings is 1. The maximum absolute atomic E-state index is 11.8. The van der Waals surface area contributed by atoms with Crippen LogP contribution in [0.5, 0.6) is 11.5 Å². The summed E-state index contributed by atoms with van der Waals surface area (Å²) in [6, 6.07) is 3.92. The fraction of sp³-hybridized carbons (Fsp3) is 0.500. The summed E-state index contributed by atoms with van der Waals surface area (Å²) in [6.07, 6.45) is 3.97. The number of amides is 1. The van der Waals surface area contributed by atoms with Crippen LogP contribution in [0.3, 0.4) is 0 Å². The molecule has 0 saturated carbocycles. The van der Waals surface area contributed by atoms with Gasteiger partial charge in [-0.3, -0.25) is 4.79 Å². The average Bonchev–Trinajstić information content (AvgIpc) is 2.50. The predicted octanol–water partition coefficient (Wildman–Crippen LogP) is 3.48. The van der Waals surface area contributed by atoms with E-state index < -0.39 is 0 Å². The van der Waals surface area contributed by atoms with Gasteiger partial charge >= 0.3 is 0 Å². The number of carbonyl (C=O) groups excluding carboxylic acids is 1. The molecular formula is C18H27NO3. The summed E-state index contributed by atoms with van der Waals surface area (Å²) in [7, 11) is 3.23. The molecule has 1 aromatic carbocycles. The molecule has 0 aliphatic heterocycles. The fourth-order valence-electron chi connectivity index (χ4n) is 2.22. The fourth-order valence-corrected chi connectivity index (χ4v) is 2.22. The van der Waals surface area contributed by atoms with E-state index >= 15 is 0 Å². The van der Waals surface area contributed by atoms with E-state index in [-0.39, 0.29) is 5.91 Å². The van der Waals surface area contributed by atoms with E-state index in [2.05, 4.69) is 25.7 Å². The van der Waals surface area contributed by atoms with Crippen LogP contribution >= 0.6 is 0 Å². The Labute approximate surface area is 133 Å². The molecule has 1 rings (SSSR count). The molecule has 0 saturated heterocycles. The quantitative estimate of drug-likeness (QED) is 0.711. The Morgan fingerprint density at radius 3 is 2.59 bits per heavy atom. The zero-order valence-electron chi connectivity index (χ0n) is 14.1. The van der Waals surface area contributed by atoms with Crippen molar-refractivity contribution >= 4 is 5.91 Å². The van der Waals surface area contributed by atoms with E-state index in [4.69, 9.17) is 9.47 Å². The van der Waals surface area contributed by atoms with Crippen molar-refractivity contribution < 1.29 is 14.3 Å². The highest BCUT2D eigenvalue weighted by Crippen LogP contribution is 2.33. The van der Waals surface area contributed by atoms with Gasteiger partial charge in [0.25, 0.3) is 0 Å². The van der Waals surface area contributed by atoms with Crippen LogP contribution in [0.1, 0.15) is 37.8 Å². The number of hydrogen-bond acceptors (Lipinski definition) is 3. The molecule has 0 spiro atoms. The summed E-state index contributed by atoms with van der Waals surface area (Å²) in [6.45, 7) is 8.48. The smallest absolute Gasteiger partial charge is 0.220 e. The van der Waals surface area contributed by atoms with Crippen LogP contribution in [0, 0.1) is 5.92 Å². The van der Waals surface area contributed by atoms with Gasteiger partial charge in [-0.2, -0.15) is 0 Å². The first-order chi connectivity index (χ1) is 10.5. The molecule has 0 aliphatic rings. The summed E-state index contributed by atoms with van der Waals surface area (Å²) >= 11 is 0. The Balaban J connectivity index is 2.80. The van der Waals surface area contributed by atoms with Gasteiger partial charge in [0.05, 0.1) is 14.2 Å². The van der Waals surface area contributed by atoms with Gasteiger partial charge in [-0.05, 0) is 36.5 Å². The van der Waals surface area contributed by atoms with Crippen molar-refractivity contribution in [3.05, 3.63) is 35.9 Å². The maximum atomic E-state index is 11.8. The van der Waals surface area contributed by atoms with E-state index in [1.807, 2.05) is 18.2 Å². The predicted molar refractivity (Wildman–Crippen MR) is 89.4 cm³/mol. The molecule has 0 unspecified atom stereocenters. The van der Waals surface area contributed by atoms with Crippen LogP contribution in [-0.2, 0) is 17.8 Å². The highest BCUT2D eigenvalue weighted by Gasteiger charge is 2.12. The Morgan fingerprint density at radius 2 is 2.05 bits per heavy atom. The number of allylic oxidation sites excluding steroid dienone is 1. The molecule has 0 fully saturated rings. The van der Waals surface area contributed by atoms with Crippen LogP contribution in [0.15, 0.2) is 24.8 Å². The zero-order valence-corrected chi connectivity index (χ0v) is 14.1. The van der Waals surface area contributed by atoms with Crippen LogP contribution in [0.25, 0.3) is 0 Å². The van der Waals surface area contributed by atoms with Crippen LogP contribution in [0.4, 0.5) is 0 Å². The Bertz CT molecular complexity index is 509. The third-order valence-electron chi connectivity index (χ3n) is 3.42. The van der Waals surface area contributed by atoms with Gasteiger partial charge in [0.15, 0.2) is 11.5 Å². The SMILES string of the molecule is C=CCc1cc(CNC(=O)CCC(C)C)cc(OC)c1OC. The highest BCUT2D eigenvalue weighted by atomic mass is 16.5. The monoisotopic (exact) mass is 305 g/mol. The Hall–Kier alpha value is -1.97. The first-order valence-electron chi connectivity index (χ1n) is 7.63. The molecule has 0 bridgehead atoms.